The number of ether oxygens (including phenoxy) is 1. The molecule has 4 fully saturated rings. The Morgan fingerprint density at radius 1 is 1.30 bits per heavy atom. The second kappa shape index (κ2) is 6.78. The number of aliphatic hydroxyl groups is 1. The summed E-state index contributed by atoms with van der Waals surface area (Å²) in [6.45, 7) is 1.57. The summed E-state index contributed by atoms with van der Waals surface area (Å²) in [5, 5.41) is 14.0. The van der Waals surface area contributed by atoms with Gasteiger partial charge in [-0.15, -0.1) is 0 Å². The zero-order valence-corrected chi connectivity index (χ0v) is 16.3. The van der Waals surface area contributed by atoms with Crippen molar-refractivity contribution in [2.45, 2.75) is 63.6 Å². The average molecular weight is 392 g/mol. The minimum atomic E-state index is -0.881. The van der Waals surface area contributed by atoms with Crippen molar-refractivity contribution in [1.29, 1.82) is 0 Å². The smallest absolute Gasteiger partial charge is 0.307 e. The Hall–Kier alpha value is -1.59. The van der Waals surface area contributed by atoms with Gasteiger partial charge in [-0.3, -0.25) is 9.59 Å². The lowest BCUT2D eigenvalue weighted by Gasteiger charge is -2.60. The number of hydrogen-bond donors (Lipinski definition) is 2. The number of amides is 1. The van der Waals surface area contributed by atoms with Crippen LogP contribution in [-0.4, -0.2) is 28.7 Å². The molecule has 5 nitrogen and oxygen atoms in total. The summed E-state index contributed by atoms with van der Waals surface area (Å²) < 4.78 is 5.42. The maximum Gasteiger partial charge on any atom is 0.307 e. The molecule has 5 rings (SSSR count). The largest absolute Gasteiger partial charge is 0.453 e. The van der Waals surface area contributed by atoms with Crippen molar-refractivity contribution in [2.75, 3.05) is 5.32 Å². The van der Waals surface area contributed by atoms with Crippen LogP contribution < -0.4 is 5.32 Å². The van der Waals surface area contributed by atoms with E-state index < -0.39 is 11.7 Å². The highest BCUT2D eigenvalue weighted by atomic mass is 35.5. The lowest BCUT2D eigenvalue weighted by Crippen LogP contribution is -2.56. The van der Waals surface area contributed by atoms with Crippen LogP contribution in [0.1, 0.15) is 51.9 Å². The second-order valence-electron chi connectivity index (χ2n) is 8.99. The van der Waals surface area contributed by atoms with E-state index in [4.69, 9.17) is 16.3 Å². The lowest BCUT2D eigenvalue weighted by molar-refractivity contribution is -0.179. The second-order valence-corrected chi connectivity index (χ2v) is 9.43. The molecule has 0 spiro atoms. The molecule has 5 atom stereocenters. The SMILES string of the molecule is C[C@@H](OC(=O)CC12C[C@@H]3C[C@@H](CC(O)(C3)C1)C2)C(=O)Nc1cccc(Cl)c1. The normalized spacial score (nSPS) is 34.9. The Labute approximate surface area is 164 Å². The molecular formula is C21H26ClNO4. The van der Waals surface area contributed by atoms with Gasteiger partial charge in [0.2, 0.25) is 0 Å². The number of carbonyl (C=O) groups is 2. The van der Waals surface area contributed by atoms with Crippen molar-refractivity contribution in [3.8, 4) is 0 Å². The van der Waals surface area contributed by atoms with Crippen molar-refractivity contribution in [2.24, 2.45) is 17.3 Å². The third kappa shape index (κ3) is 3.99. The first kappa shape index (κ1) is 18.8. The molecule has 146 valence electrons. The highest BCUT2D eigenvalue weighted by Crippen LogP contribution is 2.62. The molecule has 0 aromatic heterocycles. The molecule has 1 aromatic rings. The van der Waals surface area contributed by atoms with Crippen LogP contribution in [0.2, 0.25) is 5.02 Å². The fraction of sp³-hybridized carbons (Fsp3) is 0.619. The number of halogens is 1. The van der Waals surface area contributed by atoms with Crippen LogP contribution in [0.4, 0.5) is 5.69 Å². The number of benzene rings is 1. The Bertz CT molecular complexity index is 750. The van der Waals surface area contributed by atoms with Crippen molar-refractivity contribution >= 4 is 29.2 Å². The molecule has 1 aromatic carbocycles. The lowest BCUT2D eigenvalue weighted by atomic mass is 9.47. The van der Waals surface area contributed by atoms with Gasteiger partial charge in [0.25, 0.3) is 5.91 Å². The number of esters is 1. The minimum absolute atomic E-state index is 0.154. The maximum absolute atomic E-state index is 12.5. The molecule has 1 amide bonds. The standard InChI is InChI=1S/C21H26ClNO4/c1-13(19(25)23-17-4-2-3-16(22)6-17)27-18(24)11-20-7-14-5-15(8-20)10-21(26,9-14)12-20/h2-4,6,13-15,26H,5,7-12H2,1H3,(H,23,25)/t13-,14-,15+,20?,21?/m1/s1. The van der Waals surface area contributed by atoms with Crippen molar-refractivity contribution in [3.63, 3.8) is 0 Å². The summed E-state index contributed by atoms with van der Waals surface area (Å²) >= 11 is 5.92. The van der Waals surface area contributed by atoms with E-state index in [2.05, 4.69) is 5.32 Å². The highest BCUT2D eigenvalue weighted by Gasteiger charge is 2.57. The number of rotatable bonds is 5. The van der Waals surface area contributed by atoms with Gasteiger partial charge in [-0.1, -0.05) is 17.7 Å². The van der Waals surface area contributed by atoms with Gasteiger partial charge in [0.15, 0.2) is 6.10 Å². The highest BCUT2D eigenvalue weighted by molar-refractivity contribution is 6.30. The predicted octanol–water partition coefficient (Wildman–Crippen LogP) is 3.93. The molecule has 27 heavy (non-hydrogen) atoms. The summed E-state index contributed by atoms with van der Waals surface area (Å²) in [4.78, 5) is 24.9. The Balaban J connectivity index is 1.34. The molecule has 4 aliphatic rings. The zero-order chi connectivity index (χ0) is 19.2. The molecular weight excluding hydrogens is 366 g/mol. The van der Waals surface area contributed by atoms with Crippen LogP contribution in [-0.2, 0) is 14.3 Å². The van der Waals surface area contributed by atoms with Gasteiger partial charge < -0.3 is 15.2 Å². The van der Waals surface area contributed by atoms with Gasteiger partial charge in [0.05, 0.1) is 12.0 Å². The van der Waals surface area contributed by atoms with Crippen molar-refractivity contribution in [3.05, 3.63) is 29.3 Å². The van der Waals surface area contributed by atoms with Crippen LogP contribution in [0, 0.1) is 17.3 Å². The third-order valence-electron chi connectivity index (χ3n) is 6.44. The number of nitrogens with one attached hydrogen (secondary N) is 1. The number of carbonyl (C=O) groups excluding carboxylic acids is 2. The van der Waals surface area contributed by atoms with Crippen LogP contribution >= 0.6 is 11.6 Å². The summed E-state index contributed by atoms with van der Waals surface area (Å²) in [6.07, 6.45) is 5.00. The van der Waals surface area contributed by atoms with E-state index in [1.54, 1.807) is 31.2 Å². The summed E-state index contributed by atoms with van der Waals surface area (Å²) in [7, 11) is 0. The Morgan fingerprint density at radius 2 is 2.00 bits per heavy atom. The van der Waals surface area contributed by atoms with Gasteiger partial charge in [-0.05, 0) is 80.9 Å². The van der Waals surface area contributed by atoms with E-state index in [1.807, 2.05) is 0 Å². The number of hydrogen-bond acceptors (Lipinski definition) is 4. The van der Waals surface area contributed by atoms with Crippen LogP contribution in [0.15, 0.2) is 24.3 Å². The monoisotopic (exact) mass is 391 g/mol. The maximum atomic E-state index is 12.5. The van der Waals surface area contributed by atoms with Gasteiger partial charge in [-0.2, -0.15) is 0 Å². The van der Waals surface area contributed by atoms with E-state index in [9.17, 15) is 14.7 Å². The van der Waals surface area contributed by atoms with Gasteiger partial charge in [0.1, 0.15) is 0 Å². The van der Waals surface area contributed by atoms with E-state index in [-0.39, 0.29) is 23.7 Å². The molecule has 4 bridgehead atoms. The van der Waals surface area contributed by atoms with Crippen LogP contribution in [0.5, 0.6) is 0 Å². The molecule has 6 heteroatoms. The average Bonchev–Trinajstić information content (AvgIpc) is 2.51. The van der Waals surface area contributed by atoms with Gasteiger partial charge in [-0.25, -0.2) is 0 Å². The van der Waals surface area contributed by atoms with E-state index in [0.717, 1.165) is 25.7 Å². The summed E-state index contributed by atoms with van der Waals surface area (Å²) in [6, 6.07) is 6.84. The zero-order valence-electron chi connectivity index (χ0n) is 15.5. The molecule has 0 saturated heterocycles. The Morgan fingerprint density at radius 3 is 2.63 bits per heavy atom. The first-order valence-corrected chi connectivity index (χ1v) is 10.1. The molecule has 0 aliphatic heterocycles. The first-order chi connectivity index (χ1) is 12.7. The Kier molecular flexibility index (Phi) is 4.71. The van der Waals surface area contributed by atoms with E-state index in [1.165, 1.54) is 6.42 Å². The van der Waals surface area contributed by atoms with Crippen molar-refractivity contribution in [1.82, 2.24) is 0 Å². The molecule has 0 heterocycles. The van der Waals surface area contributed by atoms with E-state index in [0.29, 0.717) is 29.0 Å². The fourth-order valence-electron chi connectivity index (χ4n) is 6.02. The molecule has 0 radical (unpaired) electrons. The van der Waals surface area contributed by atoms with E-state index >= 15 is 0 Å². The van der Waals surface area contributed by atoms with Gasteiger partial charge in [0, 0.05) is 10.7 Å². The van der Waals surface area contributed by atoms with Gasteiger partial charge >= 0.3 is 5.97 Å². The third-order valence-corrected chi connectivity index (χ3v) is 6.68. The quantitative estimate of drug-likeness (QED) is 0.745. The number of anilines is 1. The topological polar surface area (TPSA) is 75.6 Å². The molecule has 4 saturated carbocycles. The molecule has 2 unspecified atom stereocenters. The van der Waals surface area contributed by atoms with Crippen LogP contribution in [0.25, 0.3) is 0 Å². The predicted molar refractivity (Wildman–Crippen MR) is 102 cm³/mol. The molecule has 2 N–H and O–H groups in total. The molecule has 4 aliphatic carbocycles. The summed E-state index contributed by atoms with van der Waals surface area (Å²) in [5.74, 6) is 0.309. The van der Waals surface area contributed by atoms with Crippen LogP contribution in [0.3, 0.4) is 0 Å². The fourth-order valence-corrected chi connectivity index (χ4v) is 6.21. The summed E-state index contributed by atoms with van der Waals surface area (Å²) in [5.41, 5.74) is -0.183. The minimum Gasteiger partial charge on any atom is -0.453 e. The first-order valence-electron chi connectivity index (χ1n) is 9.73. The van der Waals surface area contributed by atoms with Crippen molar-refractivity contribution < 1.29 is 19.4 Å².